The summed E-state index contributed by atoms with van der Waals surface area (Å²) in [6, 6.07) is 2.94. The molecule has 2 N–H and O–H groups in total. The Bertz CT molecular complexity index is 636. The Kier molecular flexibility index (Phi) is 5.25. The Morgan fingerprint density at radius 2 is 1.96 bits per heavy atom. The van der Waals surface area contributed by atoms with Crippen LogP contribution >= 0.6 is 0 Å². The molecule has 0 aliphatic carbocycles. The van der Waals surface area contributed by atoms with Gasteiger partial charge >= 0.3 is 0 Å². The van der Waals surface area contributed by atoms with Gasteiger partial charge in [0.1, 0.15) is 11.6 Å². The molecule has 6 nitrogen and oxygen atoms in total. The van der Waals surface area contributed by atoms with Crippen molar-refractivity contribution >= 4 is 23.4 Å². The molecule has 1 aliphatic heterocycles. The van der Waals surface area contributed by atoms with E-state index in [-0.39, 0.29) is 43.6 Å². The second kappa shape index (κ2) is 7.17. The number of rotatable bonds is 5. The highest BCUT2D eigenvalue weighted by Gasteiger charge is 2.36. The molecule has 0 saturated carbocycles. The summed E-state index contributed by atoms with van der Waals surface area (Å²) in [6.45, 7) is 1.94. The van der Waals surface area contributed by atoms with Crippen molar-refractivity contribution in [3.63, 3.8) is 0 Å². The maximum atomic E-state index is 13.8. The number of nitrogens with zero attached hydrogens (tertiary/aromatic N) is 1. The summed E-state index contributed by atoms with van der Waals surface area (Å²) in [5.74, 6) is -3.11. The summed E-state index contributed by atoms with van der Waals surface area (Å²) < 4.78 is 26.7. The molecule has 23 heavy (non-hydrogen) atoms. The second-order valence-corrected chi connectivity index (χ2v) is 5.28. The first-order valence-electron chi connectivity index (χ1n) is 7.16. The van der Waals surface area contributed by atoms with Gasteiger partial charge in [0.05, 0.1) is 11.6 Å². The van der Waals surface area contributed by atoms with Crippen LogP contribution in [0.4, 0.5) is 14.5 Å². The number of hydrogen-bond donors (Lipinski definition) is 2. The number of halogens is 2. The Morgan fingerprint density at radius 1 is 1.26 bits per heavy atom. The summed E-state index contributed by atoms with van der Waals surface area (Å²) in [5.41, 5.74) is -0.0371. The van der Waals surface area contributed by atoms with Crippen LogP contribution in [0.3, 0.4) is 0 Å². The quantitative estimate of drug-likeness (QED) is 0.777. The van der Waals surface area contributed by atoms with E-state index in [4.69, 9.17) is 0 Å². The van der Waals surface area contributed by atoms with Crippen molar-refractivity contribution in [2.75, 3.05) is 24.5 Å². The number of carbonyl (C=O) groups excluding carboxylic acids is 3. The first-order chi connectivity index (χ1) is 10.9. The molecule has 2 rings (SSSR count). The van der Waals surface area contributed by atoms with E-state index in [1.807, 2.05) is 0 Å². The van der Waals surface area contributed by atoms with Crippen molar-refractivity contribution in [3.05, 3.63) is 29.8 Å². The number of anilines is 1. The number of benzene rings is 1. The lowest BCUT2D eigenvalue weighted by atomic mass is 10.1. The van der Waals surface area contributed by atoms with Crippen LogP contribution in [0.2, 0.25) is 0 Å². The molecule has 0 bridgehead atoms. The first-order valence-corrected chi connectivity index (χ1v) is 7.16. The Labute approximate surface area is 131 Å². The van der Waals surface area contributed by atoms with Crippen molar-refractivity contribution in [2.45, 2.75) is 13.3 Å². The van der Waals surface area contributed by atoms with Crippen molar-refractivity contribution in [1.29, 1.82) is 0 Å². The van der Waals surface area contributed by atoms with Gasteiger partial charge in [-0.1, -0.05) is 0 Å². The number of amides is 3. The first kappa shape index (κ1) is 16.9. The van der Waals surface area contributed by atoms with E-state index in [1.165, 1.54) is 13.0 Å². The highest BCUT2D eigenvalue weighted by Crippen LogP contribution is 2.27. The van der Waals surface area contributed by atoms with Gasteiger partial charge in [0.15, 0.2) is 0 Å². The van der Waals surface area contributed by atoms with Crippen molar-refractivity contribution in [3.8, 4) is 0 Å². The van der Waals surface area contributed by atoms with Crippen LogP contribution in [0, 0.1) is 17.6 Å². The number of nitrogens with one attached hydrogen (secondary N) is 2. The average Bonchev–Trinajstić information content (AvgIpc) is 2.85. The Morgan fingerprint density at radius 3 is 2.61 bits per heavy atom. The molecule has 0 spiro atoms. The normalized spacial score (nSPS) is 17.3. The minimum absolute atomic E-state index is 0.0351. The number of hydrogen-bond acceptors (Lipinski definition) is 3. The van der Waals surface area contributed by atoms with Gasteiger partial charge in [-0.15, -0.1) is 0 Å². The summed E-state index contributed by atoms with van der Waals surface area (Å²) in [7, 11) is 0. The summed E-state index contributed by atoms with van der Waals surface area (Å²) in [4.78, 5) is 35.8. The minimum atomic E-state index is -0.843. The zero-order valence-corrected chi connectivity index (χ0v) is 12.6. The molecular weight excluding hydrogens is 308 g/mol. The van der Waals surface area contributed by atoms with E-state index in [0.29, 0.717) is 6.07 Å². The molecule has 1 aromatic rings. The van der Waals surface area contributed by atoms with Crippen LogP contribution in [0.15, 0.2) is 18.2 Å². The van der Waals surface area contributed by atoms with Gasteiger partial charge in [-0.05, 0) is 12.1 Å². The summed E-state index contributed by atoms with van der Waals surface area (Å²) >= 11 is 0. The van der Waals surface area contributed by atoms with Gasteiger partial charge in [0.25, 0.3) is 0 Å². The molecule has 8 heteroatoms. The van der Waals surface area contributed by atoms with E-state index >= 15 is 0 Å². The minimum Gasteiger partial charge on any atom is -0.355 e. The van der Waals surface area contributed by atoms with Gasteiger partial charge in [0.2, 0.25) is 17.7 Å². The smallest absolute Gasteiger partial charge is 0.227 e. The third-order valence-electron chi connectivity index (χ3n) is 3.49. The molecule has 3 amide bonds. The summed E-state index contributed by atoms with van der Waals surface area (Å²) in [5, 5.41) is 5.14. The van der Waals surface area contributed by atoms with Crippen LogP contribution in [0.5, 0.6) is 0 Å². The van der Waals surface area contributed by atoms with Crippen LogP contribution < -0.4 is 15.5 Å². The maximum Gasteiger partial charge on any atom is 0.227 e. The molecule has 1 aliphatic rings. The zero-order valence-electron chi connectivity index (χ0n) is 12.6. The lowest BCUT2D eigenvalue weighted by Crippen LogP contribution is -2.38. The lowest BCUT2D eigenvalue weighted by Gasteiger charge is -2.17. The molecule has 124 valence electrons. The fraction of sp³-hybridized carbons (Fsp3) is 0.400. The van der Waals surface area contributed by atoms with Gasteiger partial charge < -0.3 is 15.5 Å². The highest BCUT2D eigenvalue weighted by atomic mass is 19.1. The SMILES string of the molecule is CC(=O)NCCNC(=O)C1CC(=O)N(c2ccc(F)cc2F)C1. The second-order valence-electron chi connectivity index (χ2n) is 5.28. The number of carbonyl (C=O) groups is 3. The molecule has 1 heterocycles. The fourth-order valence-corrected chi connectivity index (χ4v) is 2.38. The predicted molar refractivity (Wildman–Crippen MR) is 78.5 cm³/mol. The molecule has 1 aromatic carbocycles. The van der Waals surface area contributed by atoms with E-state index < -0.39 is 23.5 Å². The highest BCUT2D eigenvalue weighted by molar-refractivity contribution is 6.00. The van der Waals surface area contributed by atoms with Crippen molar-refractivity contribution < 1.29 is 23.2 Å². The van der Waals surface area contributed by atoms with Crippen LogP contribution in [0.1, 0.15) is 13.3 Å². The molecule has 0 radical (unpaired) electrons. The molecule has 1 unspecified atom stereocenters. The topological polar surface area (TPSA) is 78.5 Å². The zero-order chi connectivity index (χ0) is 17.0. The Balaban J connectivity index is 1.94. The fourth-order valence-electron chi connectivity index (χ4n) is 2.38. The van der Waals surface area contributed by atoms with E-state index in [9.17, 15) is 23.2 Å². The maximum absolute atomic E-state index is 13.8. The molecule has 0 aromatic heterocycles. The monoisotopic (exact) mass is 325 g/mol. The Hall–Kier alpha value is -2.51. The molecule has 1 saturated heterocycles. The van der Waals surface area contributed by atoms with E-state index in [1.54, 1.807) is 0 Å². The van der Waals surface area contributed by atoms with Crippen LogP contribution in [0.25, 0.3) is 0 Å². The average molecular weight is 325 g/mol. The lowest BCUT2D eigenvalue weighted by molar-refractivity contribution is -0.126. The third-order valence-corrected chi connectivity index (χ3v) is 3.49. The predicted octanol–water partition coefficient (Wildman–Crippen LogP) is 0.570. The van der Waals surface area contributed by atoms with E-state index in [0.717, 1.165) is 11.0 Å². The van der Waals surface area contributed by atoms with E-state index in [2.05, 4.69) is 10.6 Å². The van der Waals surface area contributed by atoms with Gasteiger partial charge in [-0.3, -0.25) is 14.4 Å². The van der Waals surface area contributed by atoms with Gasteiger partial charge in [-0.2, -0.15) is 0 Å². The largest absolute Gasteiger partial charge is 0.355 e. The molecule has 1 fully saturated rings. The van der Waals surface area contributed by atoms with Crippen molar-refractivity contribution in [2.24, 2.45) is 5.92 Å². The molecule has 1 atom stereocenters. The third kappa shape index (κ3) is 4.24. The standard InChI is InChI=1S/C15H17F2N3O3/c1-9(21)18-4-5-19-15(23)10-6-14(22)20(8-10)13-3-2-11(16)7-12(13)17/h2-3,7,10H,4-6,8H2,1H3,(H,18,21)(H,19,23). The van der Waals surface area contributed by atoms with Gasteiger partial charge in [-0.25, -0.2) is 8.78 Å². The summed E-state index contributed by atoms with van der Waals surface area (Å²) in [6.07, 6.45) is -0.0389. The van der Waals surface area contributed by atoms with Crippen LogP contribution in [-0.4, -0.2) is 37.4 Å². The van der Waals surface area contributed by atoms with Crippen molar-refractivity contribution in [1.82, 2.24) is 10.6 Å². The van der Waals surface area contributed by atoms with Crippen LogP contribution in [-0.2, 0) is 14.4 Å². The molecular formula is C15H17F2N3O3. The van der Waals surface area contributed by atoms with Gasteiger partial charge in [0, 0.05) is 39.0 Å².